The first kappa shape index (κ1) is 20.0. The van der Waals surface area contributed by atoms with Crippen molar-refractivity contribution in [3.8, 4) is 0 Å². The normalized spacial score (nSPS) is 22.4. The number of rotatable bonds is 6. The fourth-order valence-corrected chi connectivity index (χ4v) is 4.32. The van der Waals surface area contributed by atoms with E-state index in [0.29, 0.717) is 12.4 Å². The minimum absolute atomic E-state index is 0.185. The average Bonchev–Trinajstić information content (AvgIpc) is 3.20. The highest BCUT2D eigenvalue weighted by Crippen LogP contribution is 2.29. The van der Waals surface area contributed by atoms with E-state index in [1.54, 1.807) is 7.05 Å². The molecule has 4 rings (SSSR count). The Morgan fingerprint density at radius 1 is 1.24 bits per heavy atom. The van der Waals surface area contributed by atoms with E-state index in [0.717, 1.165) is 57.5 Å². The van der Waals surface area contributed by atoms with Crippen LogP contribution in [0.3, 0.4) is 0 Å². The first-order valence-electron chi connectivity index (χ1n) is 10.5. The monoisotopic (exact) mass is 403 g/mol. The molecule has 3 aliphatic rings. The lowest BCUT2D eigenvalue weighted by atomic mass is 10.1. The molecule has 4 heterocycles. The summed E-state index contributed by atoms with van der Waals surface area (Å²) < 4.78 is 9.50. The van der Waals surface area contributed by atoms with Crippen LogP contribution < -0.4 is 4.57 Å². The lowest BCUT2D eigenvalue weighted by molar-refractivity contribution is -0.677. The Bertz CT molecular complexity index is 840. The molecule has 2 saturated heterocycles. The van der Waals surface area contributed by atoms with Crippen LogP contribution in [0.25, 0.3) is 0 Å². The van der Waals surface area contributed by atoms with E-state index in [4.69, 9.17) is 9.73 Å². The number of aromatic nitrogens is 2. The Kier molecular flexibility index (Phi) is 5.44. The third kappa shape index (κ3) is 3.57. The summed E-state index contributed by atoms with van der Waals surface area (Å²) in [5.41, 5.74) is 1.08. The van der Waals surface area contributed by atoms with Gasteiger partial charge in [0.2, 0.25) is 11.9 Å². The number of morpholine rings is 1. The molecule has 0 bridgehead atoms. The fourth-order valence-electron chi connectivity index (χ4n) is 4.32. The molecule has 0 N–H and O–H groups in total. The van der Waals surface area contributed by atoms with Gasteiger partial charge < -0.3 is 4.74 Å². The molecule has 1 unspecified atom stereocenters. The maximum absolute atomic E-state index is 13.2. The van der Waals surface area contributed by atoms with Gasteiger partial charge in [-0.2, -0.15) is 0 Å². The Morgan fingerprint density at radius 2 is 1.97 bits per heavy atom. The number of aliphatic imine (C=N–C) groups is 1. The van der Waals surface area contributed by atoms with Crippen molar-refractivity contribution in [2.75, 3.05) is 46.4 Å². The minimum atomic E-state index is -0.550. The number of amides is 3. The second-order valence-electron chi connectivity index (χ2n) is 8.49. The second kappa shape index (κ2) is 7.87. The summed E-state index contributed by atoms with van der Waals surface area (Å²) in [5.74, 6) is 1.31. The number of hydrogen-bond donors (Lipinski definition) is 0. The number of amidine groups is 1. The number of imidazole rings is 1. The number of imide groups is 1. The highest BCUT2D eigenvalue weighted by Gasteiger charge is 2.53. The summed E-state index contributed by atoms with van der Waals surface area (Å²) in [6, 6.07) is -0.842. The van der Waals surface area contributed by atoms with Gasteiger partial charge in [-0.15, -0.1) is 0 Å². The van der Waals surface area contributed by atoms with E-state index >= 15 is 0 Å². The number of urea groups is 1. The van der Waals surface area contributed by atoms with E-state index in [1.165, 1.54) is 9.80 Å². The summed E-state index contributed by atoms with van der Waals surface area (Å²) in [6.45, 7) is 11.9. The smallest absolute Gasteiger partial charge is 0.379 e. The molecule has 158 valence electrons. The van der Waals surface area contributed by atoms with E-state index in [1.807, 2.05) is 31.5 Å². The summed E-state index contributed by atoms with van der Waals surface area (Å²) in [7, 11) is 1.70. The maximum atomic E-state index is 13.2. The predicted octanol–water partition coefficient (Wildman–Crippen LogP) is 0.941. The molecule has 1 atom stereocenters. The van der Waals surface area contributed by atoms with Gasteiger partial charge in [-0.1, -0.05) is 18.8 Å². The van der Waals surface area contributed by atoms with Gasteiger partial charge in [0.1, 0.15) is 11.9 Å². The Hall–Kier alpha value is -2.26. The van der Waals surface area contributed by atoms with E-state index in [-0.39, 0.29) is 17.9 Å². The van der Waals surface area contributed by atoms with Crippen molar-refractivity contribution < 1.29 is 18.9 Å². The molecule has 1 aromatic heterocycles. The van der Waals surface area contributed by atoms with Crippen LogP contribution in [0.5, 0.6) is 0 Å². The van der Waals surface area contributed by atoms with Gasteiger partial charge in [-0.3, -0.25) is 19.5 Å². The van der Waals surface area contributed by atoms with Gasteiger partial charge >= 0.3 is 12.0 Å². The van der Waals surface area contributed by atoms with Gasteiger partial charge in [0, 0.05) is 33.2 Å². The SMILES string of the molecule is Cc1c[n+]2c(n1CCCN1CCOCC1)N=C1C2C(=O)N(CC(C)C)C(=O)N1C. The van der Waals surface area contributed by atoms with Crippen molar-refractivity contribution in [3.63, 3.8) is 0 Å². The number of fused-ring (bicyclic) bond motifs is 3. The predicted molar refractivity (Wildman–Crippen MR) is 107 cm³/mol. The van der Waals surface area contributed by atoms with Crippen LogP contribution in [-0.2, 0) is 16.1 Å². The molecule has 2 fully saturated rings. The third-order valence-electron chi connectivity index (χ3n) is 5.83. The number of aryl methyl sites for hydroxylation is 1. The van der Waals surface area contributed by atoms with Crippen molar-refractivity contribution in [1.82, 2.24) is 19.3 Å². The number of hydrogen-bond acceptors (Lipinski definition) is 5. The molecular weight excluding hydrogens is 372 g/mol. The quantitative estimate of drug-likeness (QED) is 0.663. The maximum Gasteiger partial charge on any atom is 0.401 e. The zero-order valence-electron chi connectivity index (χ0n) is 17.8. The van der Waals surface area contributed by atoms with Crippen molar-refractivity contribution in [1.29, 1.82) is 0 Å². The number of nitrogens with zero attached hydrogens (tertiary/aromatic N) is 6. The molecular formula is C20H31N6O3+. The minimum Gasteiger partial charge on any atom is -0.379 e. The zero-order chi connectivity index (χ0) is 20.7. The van der Waals surface area contributed by atoms with Crippen molar-refractivity contribution in [2.45, 2.75) is 39.8 Å². The molecule has 9 heteroatoms. The standard InChI is InChI=1S/C20H31N6O3/c1-14(2)12-26-18(27)16-17(22(4)20(26)28)21-19-24(15(3)13-25(16)19)7-5-6-23-8-10-29-11-9-23/h13-14,16H,5-12H2,1-4H3/q+1. The molecule has 1 aromatic rings. The summed E-state index contributed by atoms with van der Waals surface area (Å²) in [5, 5.41) is 0. The number of carbonyl (C=O) groups is 2. The fraction of sp³-hybridized carbons (Fsp3) is 0.700. The van der Waals surface area contributed by atoms with Crippen LogP contribution in [0.4, 0.5) is 10.7 Å². The van der Waals surface area contributed by atoms with Crippen LogP contribution in [-0.4, -0.2) is 83.5 Å². The Labute approximate surface area is 171 Å². The summed E-state index contributed by atoms with van der Waals surface area (Å²) >= 11 is 0. The zero-order valence-corrected chi connectivity index (χ0v) is 17.8. The van der Waals surface area contributed by atoms with Crippen LogP contribution in [0.2, 0.25) is 0 Å². The average molecular weight is 404 g/mol. The highest BCUT2D eigenvalue weighted by atomic mass is 16.5. The number of likely N-dealkylation sites (N-methyl/N-ethyl adjacent to an activating group) is 1. The van der Waals surface area contributed by atoms with Gasteiger partial charge in [-0.05, 0) is 19.3 Å². The summed E-state index contributed by atoms with van der Waals surface area (Å²) in [6.07, 6.45) is 2.99. The van der Waals surface area contributed by atoms with Gasteiger partial charge in [-0.25, -0.2) is 13.9 Å². The molecule has 29 heavy (non-hydrogen) atoms. The Morgan fingerprint density at radius 3 is 2.66 bits per heavy atom. The molecule has 0 aromatic carbocycles. The van der Waals surface area contributed by atoms with Crippen molar-refractivity contribution in [2.24, 2.45) is 10.9 Å². The third-order valence-corrected chi connectivity index (χ3v) is 5.83. The molecule has 0 aliphatic carbocycles. The van der Waals surface area contributed by atoms with Gasteiger partial charge in [0.15, 0.2) is 0 Å². The lowest BCUT2D eigenvalue weighted by Gasteiger charge is -2.33. The first-order chi connectivity index (χ1) is 13.9. The van der Waals surface area contributed by atoms with E-state index in [2.05, 4.69) is 9.47 Å². The summed E-state index contributed by atoms with van der Waals surface area (Å²) in [4.78, 5) is 35.9. The molecule has 0 spiro atoms. The highest BCUT2D eigenvalue weighted by molar-refractivity contribution is 6.19. The molecule has 0 saturated carbocycles. The Balaban J connectivity index is 1.54. The molecule has 3 amide bonds. The van der Waals surface area contributed by atoms with E-state index < -0.39 is 6.04 Å². The number of ether oxygens (including phenoxy) is 1. The lowest BCUT2D eigenvalue weighted by Crippen LogP contribution is -2.63. The van der Waals surface area contributed by atoms with Crippen LogP contribution in [0.1, 0.15) is 32.0 Å². The largest absolute Gasteiger partial charge is 0.401 e. The van der Waals surface area contributed by atoms with Gasteiger partial charge in [0.05, 0.1) is 19.8 Å². The molecule has 9 nitrogen and oxygen atoms in total. The van der Waals surface area contributed by atoms with E-state index in [9.17, 15) is 9.59 Å². The van der Waals surface area contributed by atoms with Crippen molar-refractivity contribution in [3.05, 3.63) is 11.9 Å². The first-order valence-corrected chi connectivity index (χ1v) is 10.5. The topological polar surface area (TPSA) is 74.3 Å². The van der Waals surface area contributed by atoms with Crippen LogP contribution in [0.15, 0.2) is 11.2 Å². The number of carbonyl (C=O) groups excluding carboxylic acids is 2. The van der Waals surface area contributed by atoms with Crippen LogP contribution >= 0.6 is 0 Å². The van der Waals surface area contributed by atoms with Gasteiger partial charge in [0.25, 0.3) is 5.91 Å². The second-order valence-corrected chi connectivity index (χ2v) is 8.49. The van der Waals surface area contributed by atoms with Crippen LogP contribution in [0, 0.1) is 12.8 Å². The molecule has 0 radical (unpaired) electrons. The molecule has 3 aliphatic heterocycles. The van der Waals surface area contributed by atoms with Crippen molar-refractivity contribution >= 4 is 23.7 Å².